The van der Waals surface area contributed by atoms with Crippen molar-refractivity contribution >= 4 is 29.1 Å². The Kier molecular flexibility index (Phi) is 5.96. The molecule has 0 unspecified atom stereocenters. The average molecular weight is 435 g/mol. The number of nitrogens with one attached hydrogen (secondary N) is 1. The molecule has 0 aromatic heterocycles. The summed E-state index contributed by atoms with van der Waals surface area (Å²) in [6.07, 6.45) is 0.800. The van der Waals surface area contributed by atoms with Gasteiger partial charge in [0, 0.05) is 34.4 Å². The van der Waals surface area contributed by atoms with Gasteiger partial charge in [-0.25, -0.2) is 0 Å². The van der Waals surface area contributed by atoms with Crippen molar-refractivity contribution in [3.05, 3.63) is 94.0 Å². The maximum atomic E-state index is 13.2. The number of benzene rings is 3. The fourth-order valence-electron chi connectivity index (χ4n) is 3.83. The van der Waals surface area contributed by atoms with Crippen molar-refractivity contribution in [3.63, 3.8) is 0 Å². The summed E-state index contributed by atoms with van der Waals surface area (Å²) in [4.78, 5) is 27.4. The molecule has 6 heteroatoms. The minimum Gasteiger partial charge on any atom is -0.497 e. The Morgan fingerprint density at radius 3 is 2.39 bits per heavy atom. The highest BCUT2D eigenvalue weighted by Gasteiger charge is 2.31. The topological polar surface area (TPSA) is 58.6 Å². The maximum absolute atomic E-state index is 13.2. The average Bonchev–Trinajstić information content (AvgIpc) is 3.12. The summed E-state index contributed by atoms with van der Waals surface area (Å²) >= 11 is 5.88. The molecule has 31 heavy (non-hydrogen) atoms. The van der Waals surface area contributed by atoms with Crippen molar-refractivity contribution in [2.24, 2.45) is 0 Å². The van der Waals surface area contributed by atoms with Crippen LogP contribution in [0.1, 0.15) is 38.8 Å². The number of rotatable bonds is 5. The molecule has 0 fully saturated rings. The number of carbonyl (C=O) groups excluding carboxylic acids is 2. The molecule has 158 valence electrons. The lowest BCUT2D eigenvalue weighted by Crippen LogP contribution is -2.35. The second-order valence-corrected chi connectivity index (χ2v) is 8.05. The zero-order valence-electron chi connectivity index (χ0n) is 17.4. The van der Waals surface area contributed by atoms with Crippen LogP contribution in [0, 0.1) is 0 Å². The van der Waals surface area contributed by atoms with E-state index >= 15 is 0 Å². The molecule has 1 aliphatic heterocycles. The lowest BCUT2D eigenvalue weighted by molar-refractivity contribution is 0.0948. The van der Waals surface area contributed by atoms with Gasteiger partial charge in [-0.1, -0.05) is 23.7 Å². The predicted molar refractivity (Wildman–Crippen MR) is 122 cm³/mol. The number of hydrogen-bond acceptors (Lipinski definition) is 3. The minimum atomic E-state index is -0.170. The Morgan fingerprint density at radius 1 is 1.03 bits per heavy atom. The summed E-state index contributed by atoms with van der Waals surface area (Å²) < 4.78 is 5.19. The Morgan fingerprint density at radius 2 is 1.71 bits per heavy atom. The third-order valence-electron chi connectivity index (χ3n) is 5.48. The molecule has 0 radical (unpaired) electrons. The molecule has 2 amide bonds. The van der Waals surface area contributed by atoms with Gasteiger partial charge in [0.05, 0.1) is 7.11 Å². The zero-order valence-corrected chi connectivity index (χ0v) is 18.1. The van der Waals surface area contributed by atoms with Crippen LogP contribution >= 0.6 is 11.6 Å². The second-order valence-electron chi connectivity index (χ2n) is 7.61. The van der Waals surface area contributed by atoms with Gasteiger partial charge >= 0.3 is 0 Å². The highest BCUT2D eigenvalue weighted by atomic mass is 35.5. The van der Waals surface area contributed by atoms with Crippen molar-refractivity contribution in [2.45, 2.75) is 25.9 Å². The van der Waals surface area contributed by atoms with E-state index in [-0.39, 0.29) is 17.9 Å². The Hall–Kier alpha value is -3.31. The van der Waals surface area contributed by atoms with E-state index in [1.807, 2.05) is 30.0 Å². The normalized spacial score (nSPS) is 14.8. The molecule has 4 rings (SSSR count). The molecular weight excluding hydrogens is 412 g/mol. The first-order valence-electron chi connectivity index (χ1n) is 10.1. The smallest absolute Gasteiger partial charge is 0.258 e. The molecule has 1 aliphatic rings. The fourth-order valence-corrected chi connectivity index (χ4v) is 3.96. The van der Waals surface area contributed by atoms with Crippen LogP contribution in [0.4, 0.5) is 5.69 Å². The number of halogens is 1. The van der Waals surface area contributed by atoms with Gasteiger partial charge in [0.25, 0.3) is 11.8 Å². The van der Waals surface area contributed by atoms with Gasteiger partial charge in [0.2, 0.25) is 0 Å². The van der Waals surface area contributed by atoms with Gasteiger partial charge in [-0.05, 0) is 79.1 Å². The second kappa shape index (κ2) is 8.82. The molecule has 5 nitrogen and oxygen atoms in total. The first kappa shape index (κ1) is 20.9. The van der Waals surface area contributed by atoms with Crippen LogP contribution in [0.25, 0.3) is 0 Å². The quantitative estimate of drug-likeness (QED) is 0.623. The molecule has 3 aromatic rings. The van der Waals surface area contributed by atoms with E-state index in [1.165, 1.54) is 0 Å². The van der Waals surface area contributed by atoms with Gasteiger partial charge in [0.1, 0.15) is 5.75 Å². The molecule has 1 N–H and O–H groups in total. The van der Waals surface area contributed by atoms with E-state index in [1.54, 1.807) is 55.6 Å². The van der Waals surface area contributed by atoms with Gasteiger partial charge in [-0.2, -0.15) is 0 Å². The van der Waals surface area contributed by atoms with E-state index in [0.29, 0.717) is 28.4 Å². The van der Waals surface area contributed by atoms with Crippen molar-refractivity contribution in [3.8, 4) is 5.75 Å². The Labute approximate surface area is 186 Å². The molecule has 0 bridgehead atoms. The molecule has 0 aliphatic carbocycles. The van der Waals surface area contributed by atoms with E-state index in [4.69, 9.17) is 16.3 Å². The van der Waals surface area contributed by atoms with Crippen LogP contribution in [-0.4, -0.2) is 25.0 Å². The summed E-state index contributed by atoms with van der Waals surface area (Å²) in [5.41, 5.74) is 4.12. The summed E-state index contributed by atoms with van der Waals surface area (Å²) in [5, 5.41) is 3.51. The molecule has 0 spiro atoms. The monoisotopic (exact) mass is 434 g/mol. The Bertz CT molecular complexity index is 1110. The molecule has 1 heterocycles. The summed E-state index contributed by atoms with van der Waals surface area (Å²) in [6.45, 7) is 2.41. The molecule has 0 saturated heterocycles. The van der Waals surface area contributed by atoms with Crippen molar-refractivity contribution in [1.82, 2.24) is 5.32 Å². The predicted octanol–water partition coefficient (Wildman–Crippen LogP) is 4.87. The SMILES string of the molecule is COc1ccc(C(=O)N2c3cc(CNC(=O)c4ccc(Cl)cc4)ccc3C[C@H]2C)cc1. The number of methoxy groups -OCH3 is 1. The van der Waals surface area contributed by atoms with Gasteiger partial charge in [-0.15, -0.1) is 0 Å². The first-order chi connectivity index (χ1) is 15.0. The number of anilines is 1. The van der Waals surface area contributed by atoms with E-state index in [0.717, 1.165) is 23.2 Å². The highest BCUT2D eigenvalue weighted by molar-refractivity contribution is 6.30. The lowest BCUT2D eigenvalue weighted by Gasteiger charge is -2.23. The third-order valence-corrected chi connectivity index (χ3v) is 5.73. The number of fused-ring (bicyclic) bond motifs is 1. The Balaban J connectivity index is 1.51. The van der Waals surface area contributed by atoms with Gasteiger partial charge in [-0.3, -0.25) is 9.59 Å². The molecular formula is C25H23ClN2O3. The van der Waals surface area contributed by atoms with Crippen LogP contribution in [0.3, 0.4) is 0 Å². The number of amides is 2. The molecule has 3 aromatic carbocycles. The zero-order chi connectivity index (χ0) is 22.0. The van der Waals surface area contributed by atoms with Gasteiger partial charge < -0.3 is 15.0 Å². The van der Waals surface area contributed by atoms with Crippen LogP contribution < -0.4 is 15.0 Å². The van der Waals surface area contributed by atoms with E-state index in [9.17, 15) is 9.59 Å². The van der Waals surface area contributed by atoms with Crippen molar-refractivity contribution < 1.29 is 14.3 Å². The van der Waals surface area contributed by atoms with Gasteiger partial charge in [0.15, 0.2) is 0 Å². The number of ether oxygens (including phenoxy) is 1. The lowest BCUT2D eigenvalue weighted by atomic mass is 10.1. The summed E-state index contributed by atoms with van der Waals surface area (Å²) in [6, 6.07) is 20.0. The first-order valence-corrected chi connectivity index (χ1v) is 10.5. The largest absolute Gasteiger partial charge is 0.497 e. The van der Waals surface area contributed by atoms with E-state index in [2.05, 4.69) is 5.32 Å². The van der Waals surface area contributed by atoms with Crippen LogP contribution in [0.5, 0.6) is 5.75 Å². The van der Waals surface area contributed by atoms with Crippen molar-refractivity contribution in [2.75, 3.05) is 12.0 Å². The number of hydrogen-bond donors (Lipinski definition) is 1. The van der Waals surface area contributed by atoms with Crippen LogP contribution in [-0.2, 0) is 13.0 Å². The highest BCUT2D eigenvalue weighted by Crippen LogP contribution is 2.34. The standard InChI is InChI=1S/C25H23ClN2O3/c1-16-13-20-4-3-17(15-27-24(29)18-5-9-21(26)10-6-18)14-23(20)28(16)25(30)19-7-11-22(31-2)12-8-19/h3-12,14,16H,13,15H2,1-2H3,(H,27,29)/t16-/m1/s1. The maximum Gasteiger partial charge on any atom is 0.258 e. The summed E-state index contributed by atoms with van der Waals surface area (Å²) in [7, 11) is 1.60. The molecule has 0 saturated carbocycles. The van der Waals surface area contributed by atoms with E-state index < -0.39 is 0 Å². The van der Waals surface area contributed by atoms with Crippen LogP contribution in [0.2, 0.25) is 5.02 Å². The summed E-state index contributed by atoms with van der Waals surface area (Å²) in [5.74, 6) is 0.498. The number of carbonyl (C=O) groups is 2. The minimum absolute atomic E-state index is 0.0451. The van der Waals surface area contributed by atoms with Crippen LogP contribution in [0.15, 0.2) is 66.7 Å². The van der Waals surface area contributed by atoms with Crippen molar-refractivity contribution in [1.29, 1.82) is 0 Å². The molecule has 1 atom stereocenters. The fraction of sp³-hybridized carbons (Fsp3) is 0.200. The third kappa shape index (κ3) is 4.42. The number of nitrogens with zero attached hydrogens (tertiary/aromatic N) is 1.